The lowest BCUT2D eigenvalue weighted by atomic mass is 10.1. The summed E-state index contributed by atoms with van der Waals surface area (Å²) in [6.07, 6.45) is 0.443. The van der Waals surface area contributed by atoms with Crippen LogP contribution in [0.1, 0.15) is 11.4 Å². The van der Waals surface area contributed by atoms with Crippen molar-refractivity contribution in [2.24, 2.45) is 0 Å². The minimum absolute atomic E-state index is 0.0116. The van der Waals surface area contributed by atoms with E-state index in [2.05, 4.69) is 9.97 Å². The van der Waals surface area contributed by atoms with Crippen LogP contribution < -0.4 is 15.2 Å². The highest BCUT2D eigenvalue weighted by Crippen LogP contribution is 2.27. The molecule has 0 unspecified atom stereocenters. The molecule has 1 heterocycles. The van der Waals surface area contributed by atoms with Crippen molar-refractivity contribution in [2.45, 2.75) is 6.42 Å². The Bertz CT molecular complexity index is 818. The maximum atomic E-state index is 10.1. The maximum absolute atomic E-state index is 10.1. The summed E-state index contributed by atoms with van der Waals surface area (Å²) < 4.78 is 10.6. The number of hydrogen-bond acceptors (Lipinski definition) is 4. The van der Waals surface area contributed by atoms with Crippen LogP contribution >= 0.6 is 0 Å². The third-order valence-corrected chi connectivity index (χ3v) is 3.47. The van der Waals surface area contributed by atoms with Crippen LogP contribution in [0.2, 0.25) is 0 Å². The normalized spacial score (nSPS) is 10.6. The lowest BCUT2D eigenvalue weighted by Gasteiger charge is -2.10. The summed E-state index contributed by atoms with van der Waals surface area (Å²) in [7, 11) is 3.23. The minimum Gasteiger partial charge on any atom is -0.497 e. The first-order chi connectivity index (χ1) is 10.7. The molecule has 2 radical (unpaired) electrons. The predicted molar refractivity (Wildman–Crippen MR) is 83.7 cm³/mol. The Labute approximate surface area is 128 Å². The summed E-state index contributed by atoms with van der Waals surface area (Å²) in [6.45, 7) is 0. The fraction of sp³-hybridized carbons (Fsp3) is 0.176. The van der Waals surface area contributed by atoms with E-state index in [1.807, 2.05) is 36.4 Å². The molecule has 0 fully saturated rings. The Balaban J connectivity index is 2.02. The largest absolute Gasteiger partial charge is 0.497 e. The number of nitrogens with zero attached hydrogens (tertiary/aromatic N) is 3. The van der Waals surface area contributed by atoms with Gasteiger partial charge < -0.3 is 9.47 Å². The molecule has 0 aliphatic heterocycles. The van der Waals surface area contributed by atoms with Gasteiger partial charge in [0.05, 0.1) is 19.7 Å². The number of para-hydroxylation sites is 1. The first-order valence-corrected chi connectivity index (χ1v) is 6.87. The molecule has 0 atom stereocenters. The molecular weight excluding hydrogens is 278 g/mol. The number of rotatable bonds is 4. The number of hydrogen-bond donors (Lipinski definition) is 0. The SMILES string of the molecule is COc1ccc(OC)c(Cc2nc([N])c3ccccc3n2)c1. The molecular formula is C17H15N3O2. The predicted octanol–water partition coefficient (Wildman–Crippen LogP) is 2.94. The molecule has 1 aromatic heterocycles. The molecule has 22 heavy (non-hydrogen) atoms. The average Bonchev–Trinajstić information content (AvgIpc) is 2.55. The zero-order chi connectivity index (χ0) is 15.5. The Morgan fingerprint density at radius 1 is 1.00 bits per heavy atom. The molecule has 3 aromatic rings. The van der Waals surface area contributed by atoms with Crippen molar-refractivity contribution in [3.8, 4) is 11.5 Å². The molecule has 0 spiro atoms. The molecule has 0 saturated carbocycles. The van der Waals surface area contributed by atoms with E-state index < -0.39 is 0 Å². The van der Waals surface area contributed by atoms with Gasteiger partial charge in [0, 0.05) is 17.4 Å². The second-order valence-corrected chi connectivity index (χ2v) is 4.84. The van der Waals surface area contributed by atoms with Crippen LogP contribution in [0.25, 0.3) is 10.9 Å². The van der Waals surface area contributed by atoms with Crippen molar-refractivity contribution in [3.05, 3.63) is 53.9 Å². The summed E-state index contributed by atoms with van der Waals surface area (Å²) in [4.78, 5) is 8.67. The Hall–Kier alpha value is -2.82. The van der Waals surface area contributed by atoms with Crippen LogP contribution in [-0.4, -0.2) is 24.2 Å². The third-order valence-electron chi connectivity index (χ3n) is 3.47. The second kappa shape index (κ2) is 5.89. The van der Waals surface area contributed by atoms with Crippen LogP contribution in [0.5, 0.6) is 11.5 Å². The average molecular weight is 293 g/mol. The molecule has 5 heteroatoms. The topological polar surface area (TPSA) is 66.5 Å². The van der Waals surface area contributed by atoms with E-state index in [1.165, 1.54) is 0 Å². The van der Waals surface area contributed by atoms with Crippen molar-refractivity contribution in [3.63, 3.8) is 0 Å². The van der Waals surface area contributed by atoms with Crippen LogP contribution in [0.3, 0.4) is 0 Å². The van der Waals surface area contributed by atoms with Crippen molar-refractivity contribution in [1.82, 2.24) is 15.7 Å². The van der Waals surface area contributed by atoms with Gasteiger partial charge in [-0.1, -0.05) is 12.1 Å². The molecule has 0 amide bonds. The van der Waals surface area contributed by atoms with Gasteiger partial charge in [-0.3, -0.25) is 0 Å². The first-order valence-electron chi connectivity index (χ1n) is 6.87. The Morgan fingerprint density at radius 3 is 2.59 bits per heavy atom. The first kappa shape index (κ1) is 14.1. The monoisotopic (exact) mass is 293 g/mol. The van der Waals surface area contributed by atoms with E-state index in [-0.39, 0.29) is 5.82 Å². The minimum atomic E-state index is -0.0116. The Morgan fingerprint density at radius 2 is 1.82 bits per heavy atom. The third kappa shape index (κ3) is 2.65. The summed E-state index contributed by atoms with van der Waals surface area (Å²) in [5, 5.41) is 0.642. The molecule has 0 aliphatic rings. The lowest BCUT2D eigenvalue weighted by molar-refractivity contribution is 0.399. The van der Waals surface area contributed by atoms with E-state index in [9.17, 15) is 5.73 Å². The van der Waals surface area contributed by atoms with Crippen LogP contribution in [0, 0.1) is 0 Å². The van der Waals surface area contributed by atoms with Gasteiger partial charge in [0.15, 0.2) is 5.82 Å². The summed E-state index contributed by atoms with van der Waals surface area (Å²) in [6, 6.07) is 12.9. The van der Waals surface area contributed by atoms with Crippen molar-refractivity contribution in [2.75, 3.05) is 14.2 Å². The van der Waals surface area contributed by atoms with E-state index in [4.69, 9.17) is 9.47 Å². The van der Waals surface area contributed by atoms with Gasteiger partial charge in [0.25, 0.3) is 0 Å². The highest BCUT2D eigenvalue weighted by Gasteiger charge is 2.11. The van der Waals surface area contributed by atoms with Crippen LogP contribution in [-0.2, 0) is 6.42 Å². The number of fused-ring (bicyclic) bond motifs is 1. The molecule has 0 N–H and O–H groups in total. The van der Waals surface area contributed by atoms with Crippen molar-refractivity contribution in [1.29, 1.82) is 0 Å². The number of aromatic nitrogens is 2. The highest BCUT2D eigenvalue weighted by molar-refractivity contribution is 5.86. The van der Waals surface area contributed by atoms with E-state index in [0.29, 0.717) is 23.1 Å². The summed E-state index contributed by atoms with van der Waals surface area (Å²) in [5.74, 6) is 1.99. The van der Waals surface area contributed by atoms with Gasteiger partial charge in [-0.15, -0.1) is 5.73 Å². The lowest BCUT2D eigenvalue weighted by Crippen LogP contribution is -2.01. The molecule has 2 aromatic carbocycles. The molecule has 3 rings (SSSR count). The standard InChI is InChI=1S/C17H15N3O2/c1-21-12-7-8-15(22-2)11(9-12)10-16-19-14-6-4-3-5-13(14)17(18)20-16/h3-9H,10H2,1-2H3. The summed E-state index contributed by atoms with van der Waals surface area (Å²) >= 11 is 0. The van der Waals surface area contributed by atoms with Gasteiger partial charge in [-0.05, 0) is 30.3 Å². The zero-order valence-corrected chi connectivity index (χ0v) is 12.4. The molecule has 0 aliphatic carbocycles. The molecule has 110 valence electrons. The molecule has 0 bridgehead atoms. The van der Waals surface area contributed by atoms with Crippen molar-refractivity contribution < 1.29 is 9.47 Å². The van der Waals surface area contributed by atoms with E-state index in [0.717, 1.165) is 17.1 Å². The number of benzene rings is 2. The van der Waals surface area contributed by atoms with Crippen molar-refractivity contribution >= 4 is 16.7 Å². The zero-order valence-electron chi connectivity index (χ0n) is 12.4. The van der Waals surface area contributed by atoms with E-state index >= 15 is 0 Å². The van der Waals surface area contributed by atoms with Crippen LogP contribution in [0.4, 0.5) is 5.82 Å². The van der Waals surface area contributed by atoms with E-state index in [1.54, 1.807) is 20.3 Å². The molecule has 5 nitrogen and oxygen atoms in total. The maximum Gasteiger partial charge on any atom is 0.185 e. The Kier molecular flexibility index (Phi) is 3.78. The quantitative estimate of drug-likeness (QED) is 0.741. The van der Waals surface area contributed by atoms with Gasteiger partial charge in [0.1, 0.15) is 17.3 Å². The van der Waals surface area contributed by atoms with Gasteiger partial charge in [0.2, 0.25) is 0 Å². The smallest absolute Gasteiger partial charge is 0.185 e. The van der Waals surface area contributed by atoms with Gasteiger partial charge >= 0.3 is 0 Å². The fourth-order valence-corrected chi connectivity index (χ4v) is 2.38. The highest BCUT2D eigenvalue weighted by atomic mass is 16.5. The number of methoxy groups -OCH3 is 2. The van der Waals surface area contributed by atoms with Gasteiger partial charge in [-0.25, -0.2) is 9.97 Å². The van der Waals surface area contributed by atoms with Crippen LogP contribution in [0.15, 0.2) is 42.5 Å². The molecule has 0 saturated heterocycles. The fourth-order valence-electron chi connectivity index (χ4n) is 2.38. The van der Waals surface area contributed by atoms with Gasteiger partial charge in [-0.2, -0.15) is 0 Å². The summed E-state index contributed by atoms with van der Waals surface area (Å²) in [5.41, 5.74) is 11.7. The second-order valence-electron chi connectivity index (χ2n) is 4.84. The number of ether oxygens (including phenoxy) is 2.